The fourth-order valence-electron chi connectivity index (χ4n) is 1.87. The van der Waals surface area contributed by atoms with Crippen LogP contribution in [0.25, 0.3) is 0 Å². The summed E-state index contributed by atoms with van der Waals surface area (Å²) in [6, 6.07) is 9.56. The molecule has 2 nitrogen and oxygen atoms in total. The second-order valence-electron chi connectivity index (χ2n) is 4.54. The van der Waals surface area contributed by atoms with Crippen molar-refractivity contribution in [2.75, 3.05) is 32.1 Å². The molecule has 100 valence electrons. The molecule has 0 amide bonds. The van der Waals surface area contributed by atoms with E-state index in [1.165, 1.54) is 12.2 Å². The summed E-state index contributed by atoms with van der Waals surface area (Å²) < 4.78 is 0. The molecule has 0 saturated carbocycles. The number of carbonyl (C=O) groups is 1. The number of rotatable bonds is 9. The van der Waals surface area contributed by atoms with Crippen LogP contribution >= 0.6 is 11.8 Å². The molecule has 0 atom stereocenters. The summed E-state index contributed by atoms with van der Waals surface area (Å²) in [6.07, 6.45) is 4.96. The van der Waals surface area contributed by atoms with E-state index in [1.807, 2.05) is 42.1 Å². The number of thioether (sulfide) groups is 1. The smallest absolute Gasteiger partial charge is 0.162 e. The molecule has 0 radical (unpaired) electrons. The maximum atomic E-state index is 11.9. The highest BCUT2D eigenvalue weighted by molar-refractivity contribution is 7.98. The number of ketones is 1. The third kappa shape index (κ3) is 6.22. The van der Waals surface area contributed by atoms with E-state index in [2.05, 4.69) is 18.2 Å². The van der Waals surface area contributed by atoms with Gasteiger partial charge in [-0.15, -0.1) is 0 Å². The van der Waals surface area contributed by atoms with Crippen LogP contribution in [0.15, 0.2) is 30.3 Å². The summed E-state index contributed by atoms with van der Waals surface area (Å²) in [4.78, 5) is 14.2. The molecule has 0 aliphatic heterocycles. The molecule has 3 heteroatoms. The summed E-state index contributed by atoms with van der Waals surface area (Å²) in [5.74, 6) is 1.47. The largest absolute Gasteiger partial charge is 0.306 e. The lowest BCUT2D eigenvalue weighted by molar-refractivity contribution is 0.0976. The summed E-state index contributed by atoms with van der Waals surface area (Å²) in [5.41, 5.74) is 0.836. The van der Waals surface area contributed by atoms with E-state index >= 15 is 0 Å². The zero-order valence-corrected chi connectivity index (χ0v) is 12.2. The van der Waals surface area contributed by atoms with Crippen LogP contribution in [0.5, 0.6) is 0 Å². The Morgan fingerprint density at radius 1 is 1.17 bits per heavy atom. The topological polar surface area (TPSA) is 20.3 Å². The van der Waals surface area contributed by atoms with E-state index < -0.39 is 0 Å². The Hall–Kier alpha value is -0.800. The van der Waals surface area contributed by atoms with Gasteiger partial charge in [0.2, 0.25) is 0 Å². The van der Waals surface area contributed by atoms with Crippen molar-refractivity contribution in [2.24, 2.45) is 0 Å². The van der Waals surface area contributed by atoms with Gasteiger partial charge in [-0.2, -0.15) is 11.8 Å². The minimum absolute atomic E-state index is 0.258. The van der Waals surface area contributed by atoms with Crippen molar-refractivity contribution in [3.63, 3.8) is 0 Å². The van der Waals surface area contributed by atoms with E-state index in [0.29, 0.717) is 6.42 Å². The van der Waals surface area contributed by atoms with Crippen molar-refractivity contribution in [1.29, 1.82) is 0 Å². The van der Waals surface area contributed by atoms with E-state index in [1.54, 1.807) is 0 Å². The summed E-state index contributed by atoms with van der Waals surface area (Å²) in [7, 11) is 2.13. The van der Waals surface area contributed by atoms with Gasteiger partial charge in [0.25, 0.3) is 0 Å². The van der Waals surface area contributed by atoms with Crippen LogP contribution in [0.3, 0.4) is 0 Å². The molecular weight excluding hydrogens is 242 g/mol. The fraction of sp³-hybridized carbons (Fsp3) is 0.533. The molecule has 1 rings (SSSR count). The lowest BCUT2D eigenvalue weighted by atomic mass is 10.1. The van der Waals surface area contributed by atoms with Crippen LogP contribution in [-0.2, 0) is 0 Å². The highest BCUT2D eigenvalue weighted by Gasteiger charge is 2.05. The SMILES string of the molecule is CSCCCN(C)CCCC(=O)c1ccccc1. The van der Waals surface area contributed by atoms with Crippen LogP contribution in [-0.4, -0.2) is 42.8 Å². The van der Waals surface area contributed by atoms with Gasteiger partial charge in [-0.25, -0.2) is 0 Å². The Morgan fingerprint density at radius 2 is 1.83 bits per heavy atom. The summed E-state index contributed by atoms with van der Waals surface area (Å²) >= 11 is 1.89. The molecule has 0 N–H and O–H groups in total. The number of Topliss-reactive ketones (excluding diaryl/α,β-unsaturated/α-hetero) is 1. The van der Waals surface area contributed by atoms with Crippen LogP contribution in [0.2, 0.25) is 0 Å². The van der Waals surface area contributed by atoms with E-state index in [4.69, 9.17) is 0 Å². The van der Waals surface area contributed by atoms with Gasteiger partial charge in [-0.3, -0.25) is 4.79 Å². The van der Waals surface area contributed by atoms with Crippen molar-refractivity contribution in [2.45, 2.75) is 19.3 Å². The first-order valence-electron chi connectivity index (χ1n) is 6.49. The van der Waals surface area contributed by atoms with Crippen molar-refractivity contribution in [3.05, 3.63) is 35.9 Å². The third-order valence-corrected chi connectivity index (χ3v) is 3.62. The van der Waals surface area contributed by atoms with Gasteiger partial charge in [0.15, 0.2) is 5.78 Å². The molecule has 0 saturated heterocycles. The Labute approximate surface area is 115 Å². The molecule has 0 aliphatic carbocycles. The minimum atomic E-state index is 0.258. The molecule has 0 aromatic heterocycles. The highest BCUT2D eigenvalue weighted by Crippen LogP contribution is 2.06. The normalized spacial score (nSPS) is 10.8. The van der Waals surface area contributed by atoms with Crippen LogP contribution in [0, 0.1) is 0 Å². The van der Waals surface area contributed by atoms with Gasteiger partial charge in [-0.05, 0) is 45.0 Å². The maximum Gasteiger partial charge on any atom is 0.162 e. The van der Waals surface area contributed by atoms with Crippen LogP contribution < -0.4 is 0 Å². The fourth-order valence-corrected chi connectivity index (χ4v) is 2.29. The predicted octanol–water partition coefficient (Wildman–Crippen LogP) is 3.33. The van der Waals surface area contributed by atoms with Gasteiger partial charge in [-0.1, -0.05) is 30.3 Å². The quantitative estimate of drug-likeness (QED) is 0.504. The number of nitrogens with zero attached hydrogens (tertiary/aromatic N) is 1. The monoisotopic (exact) mass is 265 g/mol. The molecule has 0 spiro atoms. The first-order valence-corrected chi connectivity index (χ1v) is 7.89. The molecule has 1 aromatic rings. The Morgan fingerprint density at radius 3 is 2.50 bits per heavy atom. The predicted molar refractivity (Wildman–Crippen MR) is 80.5 cm³/mol. The average molecular weight is 265 g/mol. The van der Waals surface area contributed by atoms with Crippen LogP contribution in [0.4, 0.5) is 0 Å². The first-order chi connectivity index (χ1) is 8.74. The Kier molecular flexibility index (Phi) is 7.78. The van der Waals surface area contributed by atoms with Crippen molar-refractivity contribution >= 4 is 17.5 Å². The van der Waals surface area contributed by atoms with Gasteiger partial charge >= 0.3 is 0 Å². The van der Waals surface area contributed by atoms with E-state index in [9.17, 15) is 4.79 Å². The number of carbonyl (C=O) groups excluding carboxylic acids is 1. The number of benzene rings is 1. The van der Waals surface area contributed by atoms with Gasteiger partial charge < -0.3 is 4.90 Å². The molecule has 1 aromatic carbocycles. The second kappa shape index (κ2) is 9.17. The number of hydrogen-bond acceptors (Lipinski definition) is 3. The van der Waals surface area contributed by atoms with Crippen molar-refractivity contribution in [1.82, 2.24) is 4.90 Å². The summed E-state index contributed by atoms with van der Waals surface area (Å²) in [6.45, 7) is 2.13. The molecule has 0 unspecified atom stereocenters. The highest BCUT2D eigenvalue weighted by atomic mass is 32.2. The number of hydrogen-bond donors (Lipinski definition) is 0. The zero-order chi connectivity index (χ0) is 13.2. The lowest BCUT2D eigenvalue weighted by Gasteiger charge is -2.15. The molecular formula is C15H23NOS. The standard InChI is InChI=1S/C15H23NOS/c1-16(12-7-13-18-2)11-6-10-15(17)14-8-4-3-5-9-14/h3-5,8-9H,6-7,10-13H2,1-2H3. The average Bonchev–Trinajstić information content (AvgIpc) is 2.40. The van der Waals surface area contributed by atoms with Gasteiger partial charge in [0.05, 0.1) is 0 Å². The molecule has 0 bridgehead atoms. The maximum absolute atomic E-state index is 11.9. The van der Waals surface area contributed by atoms with Gasteiger partial charge in [0.1, 0.15) is 0 Å². The molecule has 18 heavy (non-hydrogen) atoms. The Balaban J connectivity index is 2.16. The zero-order valence-electron chi connectivity index (χ0n) is 11.4. The third-order valence-electron chi connectivity index (χ3n) is 2.93. The lowest BCUT2D eigenvalue weighted by Crippen LogP contribution is -2.22. The van der Waals surface area contributed by atoms with Gasteiger partial charge in [0, 0.05) is 12.0 Å². The van der Waals surface area contributed by atoms with E-state index in [0.717, 1.165) is 25.1 Å². The summed E-state index contributed by atoms with van der Waals surface area (Å²) in [5, 5.41) is 0. The van der Waals surface area contributed by atoms with Crippen molar-refractivity contribution in [3.8, 4) is 0 Å². The molecule has 0 aliphatic rings. The van der Waals surface area contributed by atoms with Crippen molar-refractivity contribution < 1.29 is 4.79 Å². The first kappa shape index (κ1) is 15.3. The van der Waals surface area contributed by atoms with Crippen LogP contribution in [0.1, 0.15) is 29.6 Å². The second-order valence-corrected chi connectivity index (χ2v) is 5.53. The Bertz CT molecular complexity index is 340. The molecule has 0 heterocycles. The molecule has 0 fully saturated rings. The minimum Gasteiger partial charge on any atom is -0.306 e. The van der Waals surface area contributed by atoms with E-state index in [-0.39, 0.29) is 5.78 Å².